The summed E-state index contributed by atoms with van der Waals surface area (Å²) in [5.41, 5.74) is 0.295. The first-order valence-electron chi connectivity index (χ1n) is 6.63. The molecular formula is C13H17F2NO4S2. The summed E-state index contributed by atoms with van der Waals surface area (Å²) < 4.78 is 75.7. The molecule has 0 unspecified atom stereocenters. The van der Waals surface area contributed by atoms with E-state index in [1.807, 2.05) is 4.72 Å². The molecule has 1 aliphatic rings. The predicted molar refractivity (Wildman–Crippen MR) is 77.1 cm³/mol. The Balaban J connectivity index is 2.40. The van der Waals surface area contributed by atoms with E-state index in [9.17, 15) is 25.6 Å². The van der Waals surface area contributed by atoms with E-state index in [0.717, 1.165) is 12.3 Å². The summed E-state index contributed by atoms with van der Waals surface area (Å²) in [4.78, 5) is -0.458. The number of halogens is 2. The lowest BCUT2D eigenvalue weighted by Gasteiger charge is -2.18. The second-order valence-corrected chi connectivity index (χ2v) is 9.22. The Morgan fingerprint density at radius 3 is 2.23 bits per heavy atom. The first-order valence-corrected chi connectivity index (χ1v) is 10.0. The molecule has 1 aromatic rings. The zero-order chi connectivity index (χ0) is 16.7. The first-order chi connectivity index (χ1) is 10.0. The average Bonchev–Trinajstić information content (AvgIpc) is 3.18. The highest BCUT2D eigenvalue weighted by Gasteiger charge is 2.40. The van der Waals surface area contributed by atoms with Crippen molar-refractivity contribution in [2.45, 2.75) is 42.0 Å². The maximum Gasteiger partial charge on any atom is 0.255 e. The van der Waals surface area contributed by atoms with Crippen LogP contribution in [0.4, 0.5) is 8.78 Å². The van der Waals surface area contributed by atoms with Crippen LogP contribution in [0.5, 0.6) is 0 Å². The standard InChI is InChI=1S/C13H17F2NO4S2/c1-8-3-6-10(21(2,17)18)7-11(8)22(19,20)16-12(13(14)15)9-4-5-9/h3,6-7,9,12-13,16H,4-5H2,1-2H3/t12-/m0/s1. The summed E-state index contributed by atoms with van der Waals surface area (Å²) in [5, 5.41) is 0. The molecule has 0 aromatic heterocycles. The number of alkyl halides is 2. The molecule has 9 heteroatoms. The third-order valence-electron chi connectivity index (χ3n) is 3.57. The van der Waals surface area contributed by atoms with E-state index < -0.39 is 32.3 Å². The van der Waals surface area contributed by atoms with E-state index >= 15 is 0 Å². The second-order valence-electron chi connectivity index (χ2n) is 5.52. The van der Waals surface area contributed by atoms with E-state index in [4.69, 9.17) is 0 Å². The molecule has 124 valence electrons. The lowest BCUT2D eigenvalue weighted by atomic mass is 10.2. The van der Waals surface area contributed by atoms with Crippen molar-refractivity contribution in [3.8, 4) is 0 Å². The van der Waals surface area contributed by atoms with Crippen LogP contribution >= 0.6 is 0 Å². The fourth-order valence-electron chi connectivity index (χ4n) is 2.15. The van der Waals surface area contributed by atoms with Gasteiger partial charge in [-0.25, -0.2) is 30.3 Å². The minimum absolute atomic E-state index is 0.168. The van der Waals surface area contributed by atoms with Gasteiger partial charge in [0.1, 0.15) is 0 Å². The number of sulfone groups is 1. The van der Waals surface area contributed by atoms with Crippen LogP contribution in [0, 0.1) is 12.8 Å². The zero-order valence-electron chi connectivity index (χ0n) is 12.1. The second kappa shape index (κ2) is 5.86. The van der Waals surface area contributed by atoms with Crippen LogP contribution in [-0.4, -0.2) is 35.6 Å². The van der Waals surface area contributed by atoms with E-state index in [1.165, 1.54) is 19.1 Å². The molecule has 0 bridgehead atoms. The molecule has 22 heavy (non-hydrogen) atoms. The Bertz CT molecular complexity index is 769. The molecule has 0 amide bonds. The van der Waals surface area contributed by atoms with Crippen molar-refractivity contribution in [3.05, 3.63) is 23.8 Å². The van der Waals surface area contributed by atoms with Gasteiger partial charge in [0.25, 0.3) is 6.43 Å². The number of hydrogen-bond donors (Lipinski definition) is 1. The third-order valence-corrected chi connectivity index (χ3v) is 6.28. The molecule has 1 N–H and O–H groups in total. The number of benzene rings is 1. The number of nitrogens with one attached hydrogen (secondary N) is 1. The van der Waals surface area contributed by atoms with Crippen LogP contribution in [0.15, 0.2) is 28.0 Å². The quantitative estimate of drug-likeness (QED) is 0.844. The molecule has 1 aliphatic carbocycles. The fraction of sp³-hybridized carbons (Fsp3) is 0.538. The summed E-state index contributed by atoms with van der Waals surface area (Å²) in [5.74, 6) is -0.367. The van der Waals surface area contributed by atoms with Gasteiger partial charge in [0.15, 0.2) is 9.84 Å². The molecule has 5 nitrogen and oxygen atoms in total. The van der Waals surface area contributed by atoms with Gasteiger partial charge in [0, 0.05) is 6.26 Å². The van der Waals surface area contributed by atoms with E-state index in [1.54, 1.807) is 0 Å². The summed E-state index contributed by atoms with van der Waals surface area (Å²) in [7, 11) is -7.81. The zero-order valence-corrected chi connectivity index (χ0v) is 13.7. The van der Waals surface area contributed by atoms with Crippen molar-refractivity contribution in [3.63, 3.8) is 0 Å². The van der Waals surface area contributed by atoms with Gasteiger partial charge in [0.05, 0.1) is 15.8 Å². The number of rotatable bonds is 6. The monoisotopic (exact) mass is 353 g/mol. The van der Waals surface area contributed by atoms with Crippen LogP contribution < -0.4 is 4.72 Å². The van der Waals surface area contributed by atoms with Gasteiger partial charge in [-0.2, -0.15) is 0 Å². The van der Waals surface area contributed by atoms with Crippen molar-refractivity contribution < 1.29 is 25.6 Å². The Kier molecular flexibility index (Phi) is 4.61. The van der Waals surface area contributed by atoms with Gasteiger partial charge >= 0.3 is 0 Å². The van der Waals surface area contributed by atoms with Gasteiger partial charge in [-0.3, -0.25) is 0 Å². The molecule has 1 aromatic carbocycles. The van der Waals surface area contributed by atoms with Crippen molar-refractivity contribution >= 4 is 19.9 Å². The van der Waals surface area contributed by atoms with Crippen LogP contribution in [0.25, 0.3) is 0 Å². The summed E-state index contributed by atoms with van der Waals surface area (Å²) in [6, 6.07) is 2.20. The molecule has 1 atom stereocenters. The summed E-state index contributed by atoms with van der Waals surface area (Å²) >= 11 is 0. The maximum absolute atomic E-state index is 13.0. The number of hydrogen-bond acceptors (Lipinski definition) is 4. The van der Waals surface area contributed by atoms with Gasteiger partial charge in [0.2, 0.25) is 10.0 Å². The lowest BCUT2D eigenvalue weighted by molar-refractivity contribution is 0.0989. The smallest absolute Gasteiger partial charge is 0.224 e. The lowest BCUT2D eigenvalue weighted by Crippen LogP contribution is -2.41. The molecule has 2 rings (SSSR count). The highest BCUT2D eigenvalue weighted by atomic mass is 32.2. The van der Waals surface area contributed by atoms with Gasteiger partial charge < -0.3 is 0 Å². The molecular weight excluding hydrogens is 336 g/mol. The van der Waals surface area contributed by atoms with Gasteiger partial charge in [-0.1, -0.05) is 6.07 Å². The van der Waals surface area contributed by atoms with Crippen molar-refractivity contribution in [2.75, 3.05) is 6.26 Å². The van der Waals surface area contributed by atoms with Crippen LogP contribution in [0.1, 0.15) is 18.4 Å². The Morgan fingerprint density at radius 1 is 1.18 bits per heavy atom. The predicted octanol–water partition coefficient (Wildman–Crippen LogP) is 1.72. The topological polar surface area (TPSA) is 80.3 Å². The Morgan fingerprint density at radius 2 is 1.77 bits per heavy atom. The van der Waals surface area contributed by atoms with Gasteiger partial charge in [-0.05, 0) is 43.4 Å². The van der Waals surface area contributed by atoms with Crippen molar-refractivity contribution in [1.82, 2.24) is 4.72 Å². The minimum Gasteiger partial charge on any atom is -0.224 e. The number of aryl methyl sites for hydroxylation is 1. The van der Waals surface area contributed by atoms with Crippen LogP contribution in [0.3, 0.4) is 0 Å². The van der Waals surface area contributed by atoms with Gasteiger partial charge in [-0.15, -0.1) is 0 Å². The Labute approximate surface area is 128 Å². The van der Waals surface area contributed by atoms with Crippen LogP contribution in [0.2, 0.25) is 0 Å². The highest BCUT2D eigenvalue weighted by Crippen LogP contribution is 2.36. The molecule has 0 spiro atoms. The van der Waals surface area contributed by atoms with Crippen LogP contribution in [-0.2, 0) is 19.9 Å². The molecule has 0 aliphatic heterocycles. The SMILES string of the molecule is Cc1ccc(S(C)(=O)=O)cc1S(=O)(=O)N[C@H](C(F)F)C1CC1. The summed E-state index contributed by atoms with van der Waals surface area (Å²) in [6.45, 7) is 1.48. The molecule has 1 saturated carbocycles. The highest BCUT2D eigenvalue weighted by molar-refractivity contribution is 7.91. The molecule has 0 heterocycles. The molecule has 1 fully saturated rings. The summed E-state index contributed by atoms with van der Waals surface area (Å²) in [6.07, 6.45) is -0.742. The largest absolute Gasteiger partial charge is 0.255 e. The maximum atomic E-state index is 13.0. The number of sulfonamides is 1. The third kappa shape index (κ3) is 3.82. The van der Waals surface area contributed by atoms with Crippen molar-refractivity contribution in [1.29, 1.82) is 0 Å². The molecule has 0 radical (unpaired) electrons. The fourth-order valence-corrected chi connectivity index (χ4v) is 4.43. The van der Waals surface area contributed by atoms with Crippen molar-refractivity contribution in [2.24, 2.45) is 5.92 Å². The Hall–Kier alpha value is -1.06. The first kappa shape index (κ1) is 17.3. The average molecular weight is 353 g/mol. The molecule has 0 saturated heterocycles. The van der Waals surface area contributed by atoms with E-state index in [2.05, 4.69) is 0 Å². The van der Waals surface area contributed by atoms with E-state index in [0.29, 0.717) is 18.4 Å². The minimum atomic E-state index is -4.22. The van der Waals surface area contributed by atoms with E-state index in [-0.39, 0.29) is 15.7 Å². The normalized spacial score (nSPS) is 17.7.